The molecule has 266 valence electrons. The lowest BCUT2D eigenvalue weighted by atomic mass is 9.89. The average molecular weight is 690 g/mol. The van der Waals surface area contributed by atoms with Crippen LogP contribution in [0.25, 0.3) is 11.1 Å². The summed E-state index contributed by atoms with van der Waals surface area (Å²) < 4.78 is 80.8. The van der Waals surface area contributed by atoms with E-state index in [9.17, 15) is 27.6 Å². The fourth-order valence-electron chi connectivity index (χ4n) is 6.38. The van der Waals surface area contributed by atoms with Gasteiger partial charge in [0.1, 0.15) is 17.7 Å². The van der Waals surface area contributed by atoms with E-state index >= 15 is 8.78 Å². The molecule has 1 unspecified atom stereocenters. The number of aryl methyl sites for hydroxylation is 3. The second kappa shape index (κ2) is 15.7. The fourth-order valence-corrected chi connectivity index (χ4v) is 6.38. The van der Waals surface area contributed by atoms with Crippen molar-refractivity contribution in [3.8, 4) is 11.1 Å². The minimum Gasteiger partial charge on any atom is -0.466 e. The molecule has 4 rings (SSSR count). The molecule has 49 heavy (non-hydrogen) atoms. The zero-order valence-corrected chi connectivity index (χ0v) is 28.8. The van der Waals surface area contributed by atoms with Gasteiger partial charge < -0.3 is 19.5 Å². The molecule has 1 amide bonds. The quantitative estimate of drug-likeness (QED) is 0.150. The van der Waals surface area contributed by atoms with Crippen molar-refractivity contribution < 1.29 is 36.3 Å². The summed E-state index contributed by atoms with van der Waals surface area (Å²) in [6, 6.07) is 4.33. The number of halogens is 5. The summed E-state index contributed by atoms with van der Waals surface area (Å²) in [6.07, 6.45) is -3.40. The van der Waals surface area contributed by atoms with Crippen LogP contribution in [0.4, 0.5) is 22.0 Å². The van der Waals surface area contributed by atoms with Gasteiger partial charge in [-0.25, -0.2) is 8.78 Å². The Morgan fingerprint density at radius 1 is 1.00 bits per heavy atom. The molecule has 12 heteroatoms. The minimum absolute atomic E-state index is 0.00254. The van der Waals surface area contributed by atoms with Crippen molar-refractivity contribution in [1.82, 2.24) is 14.8 Å². The summed E-state index contributed by atoms with van der Waals surface area (Å²) in [5, 5.41) is 2.59. The number of carbonyl (C=O) groups is 2. The Kier molecular flexibility index (Phi) is 12.1. The maximum atomic E-state index is 16.6. The van der Waals surface area contributed by atoms with Gasteiger partial charge in [0.05, 0.1) is 24.6 Å². The number of benzene rings is 2. The number of rotatable bonds is 13. The normalized spacial score (nSPS) is 14.8. The van der Waals surface area contributed by atoms with Crippen LogP contribution in [0, 0.1) is 38.3 Å². The topological polar surface area (TPSA) is 80.6 Å². The third-order valence-corrected chi connectivity index (χ3v) is 8.96. The van der Waals surface area contributed by atoms with Crippen LogP contribution in [0.1, 0.15) is 85.5 Å². The molecule has 0 bridgehead atoms. The van der Waals surface area contributed by atoms with E-state index in [1.807, 2.05) is 11.0 Å². The predicted octanol–water partition coefficient (Wildman–Crippen LogP) is 7.38. The van der Waals surface area contributed by atoms with Crippen LogP contribution in [-0.4, -0.2) is 47.6 Å². The third-order valence-electron chi connectivity index (χ3n) is 8.96. The molecule has 0 spiro atoms. The number of amides is 1. The maximum absolute atomic E-state index is 16.6. The molecular formula is C37H44F5N3O4. The van der Waals surface area contributed by atoms with E-state index in [2.05, 4.69) is 5.32 Å². The first kappa shape index (κ1) is 37.8. The van der Waals surface area contributed by atoms with Gasteiger partial charge in [0.2, 0.25) is 5.91 Å². The summed E-state index contributed by atoms with van der Waals surface area (Å²) in [5.41, 5.74) is -0.677. The van der Waals surface area contributed by atoms with E-state index in [1.165, 1.54) is 13.0 Å². The van der Waals surface area contributed by atoms with Crippen LogP contribution >= 0.6 is 0 Å². The van der Waals surface area contributed by atoms with Crippen LogP contribution in [0.5, 0.6) is 0 Å². The van der Waals surface area contributed by atoms with Gasteiger partial charge in [-0.1, -0.05) is 32.0 Å². The lowest BCUT2D eigenvalue weighted by Crippen LogP contribution is -2.41. The Hall–Kier alpha value is -4.06. The first-order valence-corrected chi connectivity index (χ1v) is 16.6. The molecule has 1 N–H and O–H groups in total. The first-order chi connectivity index (χ1) is 23.0. The smallest absolute Gasteiger partial charge is 0.416 e. The Bertz CT molecular complexity index is 1730. The van der Waals surface area contributed by atoms with Gasteiger partial charge in [-0.2, -0.15) is 13.2 Å². The highest BCUT2D eigenvalue weighted by Crippen LogP contribution is 2.37. The lowest BCUT2D eigenvalue weighted by molar-refractivity contribution is -0.144. The van der Waals surface area contributed by atoms with Gasteiger partial charge >= 0.3 is 12.1 Å². The van der Waals surface area contributed by atoms with Crippen molar-refractivity contribution in [2.75, 3.05) is 26.2 Å². The van der Waals surface area contributed by atoms with Crippen LogP contribution in [0.15, 0.2) is 41.3 Å². The van der Waals surface area contributed by atoms with Gasteiger partial charge in [0, 0.05) is 29.9 Å². The predicted molar refractivity (Wildman–Crippen MR) is 177 cm³/mol. The molecule has 1 saturated heterocycles. The third kappa shape index (κ3) is 8.76. The molecule has 2 atom stereocenters. The van der Waals surface area contributed by atoms with Gasteiger partial charge in [0.25, 0.3) is 5.56 Å². The summed E-state index contributed by atoms with van der Waals surface area (Å²) in [6.45, 7) is 12.0. The van der Waals surface area contributed by atoms with Crippen molar-refractivity contribution in [3.05, 3.63) is 91.9 Å². The highest BCUT2D eigenvalue weighted by Gasteiger charge is 2.37. The molecule has 0 saturated carbocycles. The summed E-state index contributed by atoms with van der Waals surface area (Å²) >= 11 is 0. The van der Waals surface area contributed by atoms with E-state index < -0.39 is 64.9 Å². The van der Waals surface area contributed by atoms with E-state index in [0.29, 0.717) is 18.2 Å². The fraction of sp³-hybridized carbons (Fsp3) is 0.486. The minimum atomic E-state index is -4.80. The summed E-state index contributed by atoms with van der Waals surface area (Å²) in [4.78, 5) is 42.2. The molecule has 1 aromatic heterocycles. The monoisotopic (exact) mass is 689 g/mol. The maximum Gasteiger partial charge on any atom is 0.416 e. The van der Waals surface area contributed by atoms with Crippen molar-refractivity contribution in [1.29, 1.82) is 0 Å². The van der Waals surface area contributed by atoms with Crippen LogP contribution in [0.2, 0.25) is 0 Å². The summed E-state index contributed by atoms with van der Waals surface area (Å²) in [5.74, 6) is -3.88. The molecule has 7 nitrogen and oxygen atoms in total. The largest absolute Gasteiger partial charge is 0.466 e. The van der Waals surface area contributed by atoms with Crippen molar-refractivity contribution in [2.24, 2.45) is 5.92 Å². The van der Waals surface area contributed by atoms with Crippen LogP contribution in [-0.2, 0) is 26.9 Å². The van der Waals surface area contributed by atoms with Gasteiger partial charge in [0.15, 0.2) is 0 Å². The Balaban J connectivity index is 1.83. The van der Waals surface area contributed by atoms with Crippen LogP contribution < -0.4 is 10.9 Å². The number of ether oxygens (including phenoxy) is 1. The van der Waals surface area contributed by atoms with Crippen molar-refractivity contribution in [3.63, 3.8) is 0 Å². The molecule has 1 aliphatic rings. The number of alkyl halides is 3. The Labute approximate surface area is 283 Å². The molecule has 1 fully saturated rings. The molecule has 2 heterocycles. The number of hydrogen-bond acceptors (Lipinski definition) is 5. The number of aromatic nitrogens is 1. The molecule has 0 aliphatic carbocycles. The van der Waals surface area contributed by atoms with E-state index in [-0.39, 0.29) is 42.1 Å². The second-order valence-electron chi connectivity index (χ2n) is 13.2. The number of carbonyl (C=O) groups excluding carboxylic acids is 2. The van der Waals surface area contributed by atoms with Gasteiger partial charge in [-0.05, 0) is 99.8 Å². The SMILES string of the molecule is CCOC(=O)C[C@H](NC(=O)C(CC(C)C)n1cc(CCN2CCC2)c(C(F)(F)F)cc1=O)c1c(F)c(C)cc(-c2c(C)cccc2C)c1F. The molecule has 0 radical (unpaired) electrons. The van der Waals surface area contributed by atoms with Crippen molar-refractivity contribution in [2.45, 2.75) is 85.5 Å². The summed E-state index contributed by atoms with van der Waals surface area (Å²) in [7, 11) is 0. The van der Waals surface area contributed by atoms with Crippen molar-refractivity contribution >= 4 is 11.9 Å². The van der Waals surface area contributed by atoms with Crippen LogP contribution in [0.3, 0.4) is 0 Å². The lowest BCUT2D eigenvalue weighted by Gasteiger charge is -2.31. The molecular weight excluding hydrogens is 645 g/mol. The zero-order valence-electron chi connectivity index (χ0n) is 28.8. The molecule has 2 aromatic carbocycles. The zero-order chi connectivity index (χ0) is 36.2. The molecule has 3 aromatic rings. The van der Waals surface area contributed by atoms with E-state index in [0.717, 1.165) is 41.4 Å². The van der Waals surface area contributed by atoms with E-state index in [4.69, 9.17) is 4.74 Å². The highest BCUT2D eigenvalue weighted by molar-refractivity contribution is 5.82. The molecule has 1 aliphatic heterocycles. The standard InChI is InChI=1S/C37H44F5N3O4/c1-7-49-31(47)19-28(33-34(38)24(6)17-26(35(33)39)32-22(4)10-8-11-23(32)5)43-36(48)29(16-21(2)3)45-20-25(12-15-44-13-9-14-44)27(18-30(45)46)37(40,41)42/h8,10-11,17-18,20-21,28-29H,7,9,12-16,19H2,1-6H3,(H,43,48)/t28-,29?/m0/s1. The number of esters is 1. The Morgan fingerprint density at radius 3 is 2.20 bits per heavy atom. The van der Waals surface area contributed by atoms with Gasteiger partial charge in [-0.3, -0.25) is 14.4 Å². The number of nitrogens with zero attached hydrogens (tertiary/aromatic N) is 2. The number of pyridine rings is 1. The Morgan fingerprint density at radius 2 is 1.65 bits per heavy atom. The second-order valence-corrected chi connectivity index (χ2v) is 13.2. The van der Waals surface area contributed by atoms with Gasteiger partial charge in [-0.15, -0.1) is 0 Å². The highest BCUT2D eigenvalue weighted by atomic mass is 19.4. The number of hydrogen-bond donors (Lipinski definition) is 1. The van der Waals surface area contributed by atoms with E-state index in [1.54, 1.807) is 46.8 Å². The number of nitrogens with one attached hydrogen (secondary N) is 1. The number of likely N-dealkylation sites (tertiary alicyclic amines) is 1. The average Bonchev–Trinajstić information content (AvgIpc) is 2.97. The first-order valence-electron chi connectivity index (χ1n) is 16.6.